The molecule has 1 aromatic rings. The van der Waals surface area contributed by atoms with Gasteiger partial charge in [0, 0.05) is 23.1 Å². The van der Waals surface area contributed by atoms with Crippen molar-refractivity contribution >= 4 is 17.6 Å². The van der Waals surface area contributed by atoms with E-state index in [1.807, 2.05) is 0 Å². The minimum atomic E-state index is -3.12. The van der Waals surface area contributed by atoms with Gasteiger partial charge in [0.2, 0.25) is 0 Å². The summed E-state index contributed by atoms with van der Waals surface area (Å²) in [7, 11) is 0. The Bertz CT molecular complexity index is 522. The summed E-state index contributed by atoms with van der Waals surface area (Å²) in [6.45, 7) is -3.26. The maximum Gasteiger partial charge on any atom is 0.387 e. The van der Waals surface area contributed by atoms with Gasteiger partial charge < -0.3 is 19.7 Å². The fourth-order valence-corrected chi connectivity index (χ4v) is 2.07. The predicted octanol–water partition coefficient (Wildman–Crippen LogP) is 2.00. The Kier molecular flexibility index (Phi) is 3.51. The summed E-state index contributed by atoms with van der Waals surface area (Å²) in [4.78, 5) is 11.1. The summed E-state index contributed by atoms with van der Waals surface area (Å²) in [6, 6.07) is 2.22. The molecule has 19 heavy (non-hydrogen) atoms. The molecule has 0 radical (unpaired) electrons. The number of benzene rings is 1. The topological polar surface area (TPSA) is 76.0 Å². The highest BCUT2D eigenvalue weighted by Crippen LogP contribution is 2.45. The Balaban J connectivity index is 2.59. The number of alkyl halides is 2. The first-order valence-electron chi connectivity index (χ1n) is 5.22. The second kappa shape index (κ2) is 4.82. The number of carboxylic acid groups (broad SMARTS) is 1. The molecule has 1 aliphatic rings. The van der Waals surface area contributed by atoms with Crippen molar-refractivity contribution in [3.8, 4) is 11.5 Å². The molecule has 8 heteroatoms. The van der Waals surface area contributed by atoms with E-state index >= 15 is 0 Å². The zero-order valence-corrected chi connectivity index (χ0v) is 10.2. The first-order valence-corrected chi connectivity index (χ1v) is 5.60. The lowest BCUT2D eigenvalue weighted by atomic mass is 9.88. The van der Waals surface area contributed by atoms with Crippen LogP contribution in [0.25, 0.3) is 0 Å². The van der Waals surface area contributed by atoms with E-state index < -0.39 is 23.9 Å². The summed E-state index contributed by atoms with van der Waals surface area (Å²) >= 11 is 5.71. The van der Waals surface area contributed by atoms with E-state index in [-0.39, 0.29) is 29.4 Å². The number of aliphatic hydroxyl groups is 1. The lowest BCUT2D eigenvalue weighted by Gasteiger charge is -2.31. The molecule has 1 atom stereocenters. The molecule has 0 saturated carbocycles. The molecule has 0 saturated heterocycles. The number of ether oxygens (including phenoxy) is 2. The predicted molar refractivity (Wildman–Crippen MR) is 59.7 cm³/mol. The minimum absolute atomic E-state index is 0.0421. The van der Waals surface area contributed by atoms with Crippen molar-refractivity contribution in [3.05, 3.63) is 22.7 Å². The maximum atomic E-state index is 12.3. The number of fused-ring (bicyclic) bond motifs is 1. The highest BCUT2D eigenvalue weighted by Gasteiger charge is 2.44. The first-order chi connectivity index (χ1) is 8.84. The van der Waals surface area contributed by atoms with E-state index in [2.05, 4.69) is 4.74 Å². The summed E-state index contributed by atoms with van der Waals surface area (Å²) in [6.07, 6.45) is -0.218. The molecular weight excluding hydrogens is 286 g/mol. The van der Waals surface area contributed by atoms with E-state index in [0.29, 0.717) is 0 Å². The third-order valence-electron chi connectivity index (χ3n) is 2.75. The van der Waals surface area contributed by atoms with Gasteiger partial charge >= 0.3 is 12.6 Å². The smallest absolute Gasteiger partial charge is 0.387 e. The van der Waals surface area contributed by atoms with Crippen LogP contribution in [0.3, 0.4) is 0 Å². The van der Waals surface area contributed by atoms with E-state index in [1.54, 1.807) is 0 Å². The van der Waals surface area contributed by atoms with E-state index in [1.165, 1.54) is 0 Å². The Hall–Kier alpha value is -1.60. The standard InChI is InChI=1S/C11H9ClF2O5/c12-5-3-6-8(7(4-5)19-10(13)14)18-2-1-11(6,17)9(15)16/h3-4,10,17H,1-2H2,(H,15,16). The van der Waals surface area contributed by atoms with Gasteiger partial charge in [-0.25, -0.2) is 4.79 Å². The van der Waals surface area contributed by atoms with Crippen LogP contribution in [0.1, 0.15) is 12.0 Å². The third kappa shape index (κ3) is 2.43. The highest BCUT2D eigenvalue weighted by molar-refractivity contribution is 6.31. The van der Waals surface area contributed by atoms with E-state index in [0.717, 1.165) is 12.1 Å². The van der Waals surface area contributed by atoms with E-state index in [4.69, 9.17) is 21.4 Å². The van der Waals surface area contributed by atoms with Crippen molar-refractivity contribution in [2.45, 2.75) is 18.6 Å². The summed E-state index contributed by atoms with van der Waals surface area (Å²) < 4.78 is 33.9. The third-order valence-corrected chi connectivity index (χ3v) is 2.96. The Morgan fingerprint density at radius 3 is 2.79 bits per heavy atom. The molecule has 0 aromatic heterocycles. The monoisotopic (exact) mass is 294 g/mol. The molecule has 104 valence electrons. The van der Waals surface area contributed by atoms with Crippen LogP contribution in [0, 0.1) is 0 Å². The molecule has 0 bridgehead atoms. The number of hydrogen-bond donors (Lipinski definition) is 2. The van der Waals surface area contributed by atoms with Crippen molar-refractivity contribution in [2.75, 3.05) is 6.61 Å². The van der Waals surface area contributed by atoms with Crippen LogP contribution in [0.5, 0.6) is 11.5 Å². The molecule has 5 nitrogen and oxygen atoms in total. The Morgan fingerprint density at radius 1 is 1.53 bits per heavy atom. The van der Waals surface area contributed by atoms with Gasteiger partial charge in [-0.05, 0) is 6.07 Å². The summed E-state index contributed by atoms with van der Waals surface area (Å²) in [5.74, 6) is -2.15. The molecule has 1 unspecified atom stereocenters. The fraction of sp³-hybridized carbons (Fsp3) is 0.364. The average Bonchev–Trinajstić information content (AvgIpc) is 2.29. The quantitative estimate of drug-likeness (QED) is 0.891. The number of carbonyl (C=O) groups is 1. The van der Waals surface area contributed by atoms with Crippen LogP contribution in [0.2, 0.25) is 5.02 Å². The molecule has 1 aliphatic heterocycles. The van der Waals surface area contributed by atoms with E-state index in [9.17, 15) is 18.7 Å². The van der Waals surface area contributed by atoms with Crippen molar-refractivity contribution in [3.63, 3.8) is 0 Å². The molecule has 0 fully saturated rings. The van der Waals surface area contributed by atoms with Gasteiger partial charge in [0.05, 0.1) is 6.61 Å². The van der Waals surface area contributed by atoms with Crippen LogP contribution >= 0.6 is 11.6 Å². The van der Waals surface area contributed by atoms with Crippen LogP contribution in [-0.4, -0.2) is 29.4 Å². The molecule has 0 amide bonds. The molecular formula is C11H9ClF2O5. The SMILES string of the molecule is O=C(O)C1(O)CCOc2c(OC(F)F)cc(Cl)cc21. The van der Waals surface area contributed by atoms with Crippen molar-refractivity contribution in [1.82, 2.24) is 0 Å². The van der Waals surface area contributed by atoms with Gasteiger partial charge in [0.15, 0.2) is 17.1 Å². The van der Waals surface area contributed by atoms with Gasteiger partial charge in [-0.1, -0.05) is 11.6 Å². The molecule has 2 N–H and O–H groups in total. The lowest BCUT2D eigenvalue weighted by Crippen LogP contribution is -2.40. The van der Waals surface area contributed by atoms with Crippen molar-refractivity contribution in [1.29, 1.82) is 0 Å². The zero-order chi connectivity index (χ0) is 14.2. The highest BCUT2D eigenvalue weighted by atomic mass is 35.5. The van der Waals surface area contributed by atoms with Gasteiger partial charge in [0.1, 0.15) is 0 Å². The summed E-state index contributed by atoms with van der Waals surface area (Å²) in [5.41, 5.74) is -2.44. The van der Waals surface area contributed by atoms with Crippen molar-refractivity contribution in [2.24, 2.45) is 0 Å². The Morgan fingerprint density at radius 2 is 2.21 bits per heavy atom. The molecule has 1 heterocycles. The maximum absolute atomic E-state index is 12.3. The zero-order valence-electron chi connectivity index (χ0n) is 9.40. The van der Waals surface area contributed by atoms with Gasteiger partial charge in [0.25, 0.3) is 0 Å². The van der Waals surface area contributed by atoms with Crippen LogP contribution in [0.15, 0.2) is 12.1 Å². The second-order valence-electron chi connectivity index (χ2n) is 3.92. The van der Waals surface area contributed by atoms with Crippen LogP contribution < -0.4 is 9.47 Å². The van der Waals surface area contributed by atoms with Crippen LogP contribution in [-0.2, 0) is 10.4 Å². The minimum Gasteiger partial charge on any atom is -0.489 e. The first kappa shape index (κ1) is 13.8. The lowest BCUT2D eigenvalue weighted by molar-refractivity contribution is -0.162. The average molecular weight is 295 g/mol. The number of halogens is 3. The number of aliphatic carboxylic acids is 1. The number of hydrogen-bond acceptors (Lipinski definition) is 4. The summed E-state index contributed by atoms with van der Waals surface area (Å²) in [5, 5.41) is 19.1. The number of rotatable bonds is 3. The van der Waals surface area contributed by atoms with Gasteiger partial charge in [-0.2, -0.15) is 8.78 Å². The van der Waals surface area contributed by atoms with Crippen molar-refractivity contribution < 1.29 is 33.3 Å². The van der Waals surface area contributed by atoms with Gasteiger partial charge in [-0.3, -0.25) is 0 Å². The number of carboxylic acids is 1. The second-order valence-corrected chi connectivity index (χ2v) is 4.36. The molecule has 0 aliphatic carbocycles. The Labute approximate surface area is 111 Å². The normalized spacial score (nSPS) is 21.7. The molecule has 2 rings (SSSR count). The van der Waals surface area contributed by atoms with Gasteiger partial charge in [-0.15, -0.1) is 0 Å². The fourth-order valence-electron chi connectivity index (χ4n) is 1.87. The largest absolute Gasteiger partial charge is 0.489 e. The molecule has 1 aromatic carbocycles. The van der Waals surface area contributed by atoms with Crippen LogP contribution in [0.4, 0.5) is 8.78 Å². The molecule has 0 spiro atoms.